The van der Waals surface area contributed by atoms with Crippen LogP contribution in [-0.2, 0) is 19.6 Å². The fourth-order valence-corrected chi connectivity index (χ4v) is 2.08. The summed E-state index contributed by atoms with van der Waals surface area (Å²) >= 11 is 2.07. The Kier molecular flexibility index (Phi) is 7.66. The molecule has 0 radical (unpaired) electrons. The van der Waals surface area contributed by atoms with Crippen LogP contribution in [0.1, 0.15) is 25.7 Å². The molecule has 0 aromatic heterocycles. The summed E-state index contributed by atoms with van der Waals surface area (Å²) in [6, 6.07) is 0. The van der Waals surface area contributed by atoms with Gasteiger partial charge >= 0.3 is 27.3 Å². The van der Waals surface area contributed by atoms with Crippen LogP contribution in [0.25, 0.3) is 0 Å². The molecule has 0 saturated heterocycles. The number of ether oxygens (including phenoxy) is 1. The molecule has 0 unspecified atom stereocenters. The Labute approximate surface area is 126 Å². The van der Waals surface area contributed by atoms with Gasteiger partial charge in [0.1, 0.15) is 0 Å². The maximum Gasteiger partial charge on any atom is 0.431 e. The summed E-state index contributed by atoms with van der Waals surface area (Å²) in [5.41, 5.74) is 0. The number of halogens is 5. The van der Waals surface area contributed by atoms with Crippen LogP contribution in [0.2, 0.25) is 0 Å². The minimum Gasteiger partial charge on any atom is -0.465 e. The molecule has 11 heteroatoms. The number of hydrogen-bond acceptors (Lipinski definition) is 4. The van der Waals surface area contributed by atoms with E-state index in [4.69, 9.17) is 4.55 Å². The van der Waals surface area contributed by atoms with E-state index in [1.165, 1.54) is 0 Å². The average molecular weight is 436 g/mol. The SMILES string of the molecule is O=C(CCCCI)OCCC(F)(F)C(F)(F)S(=O)(=O)O. The summed E-state index contributed by atoms with van der Waals surface area (Å²) in [7, 11) is -6.25. The molecule has 0 atom stereocenters. The molecular weight excluding hydrogens is 423 g/mol. The monoisotopic (exact) mass is 436 g/mol. The van der Waals surface area contributed by atoms with Crippen LogP contribution < -0.4 is 0 Å². The smallest absolute Gasteiger partial charge is 0.431 e. The van der Waals surface area contributed by atoms with Gasteiger partial charge in [0.15, 0.2) is 0 Å². The Morgan fingerprint density at radius 1 is 1.20 bits per heavy atom. The zero-order valence-corrected chi connectivity index (χ0v) is 13.1. The quantitative estimate of drug-likeness (QED) is 0.150. The number of rotatable bonds is 9. The molecule has 0 aliphatic rings. The van der Waals surface area contributed by atoms with Crippen molar-refractivity contribution in [1.82, 2.24) is 0 Å². The number of carbonyl (C=O) groups excluding carboxylic acids is 1. The summed E-state index contributed by atoms with van der Waals surface area (Å²) in [5, 5.41) is -5.63. The molecule has 0 heterocycles. The first-order valence-corrected chi connectivity index (χ1v) is 8.36. The van der Waals surface area contributed by atoms with Crippen molar-refractivity contribution in [3.05, 3.63) is 0 Å². The molecule has 0 aromatic rings. The Bertz CT molecular complexity index is 426. The molecule has 0 spiro atoms. The van der Waals surface area contributed by atoms with Crippen molar-refractivity contribution in [2.45, 2.75) is 36.9 Å². The van der Waals surface area contributed by atoms with Crippen molar-refractivity contribution in [3.8, 4) is 0 Å². The van der Waals surface area contributed by atoms with E-state index in [1.54, 1.807) is 0 Å². The maximum absolute atomic E-state index is 13.0. The van der Waals surface area contributed by atoms with Crippen molar-refractivity contribution in [2.75, 3.05) is 11.0 Å². The minimum absolute atomic E-state index is 0.0384. The largest absolute Gasteiger partial charge is 0.465 e. The van der Waals surface area contributed by atoms with E-state index in [9.17, 15) is 30.8 Å². The van der Waals surface area contributed by atoms with Crippen molar-refractivity contribution in [1.29, 1.82) is 0 Å². The standard InChI is InChI=1S/C9H13F4IO5S/c10-8(11,9(12,13)20(16,17)18)4-6-19-7(15)3-1-2-5-14/h1-6H2,(H,16,17,18). The second-order valence-corrected chi connectivity index (χ2v) is 6.35. The number of carbonyl (C=O) groups is 1. The normalized spacial score (nSPS) is 13.3. The summed E-state index contributed by atoms with van der Waals surface area (Å²) in [6.45, 7) is -1.07. The van der Waals surface area contributed by atoms with Crippen molar-refractivity contribution in [2.24, 2.45) is 0 Å². The van der Waals surface area contributed by atoms with Crippen LogP contribution >= 0.6 is 22.6 Å². The molecule has 120 valence electrons. The lowest BCUT2D eigenvalue weighted by atomic mass is 10.2. The van der Waals surface area contributed by atoms with Crippen LogP contribution in [0, 0.1) is 0 Å². The summed E-state index contributed by atoms with van der Waals surface area (Å²) < 4.78 is 85.0. The molecule has 0 fully saturated rings. The van der Waals surface area contributed by atoms with Crippen LogP contribution in [0.4, 0.5) is 17.6 Å². The highest BCUT2D eigenvalue weighted by molar-refractivity contribution is 14.1. The highest BCUT2D eigenvalue weighted by Crippen LogP contribution is 2.40. The molecule has 0 aliphatic carbocycles. The molecule has 1 N–H and O–H groups in total. The van der Waals surface area contributed by atoms with Crippen LogP contribution in [0.3, 0.4) is 0 Å². The van der Waals surface area contributed by atoms with E-state index in [0.29, 0.717) is 12.8 Å². The second kappa shape index (κ2) is 7.73. The van der Waals surface area contributed by atoms with Crippen LogP contribution in [0.5, 0.6) is 0 Å². The van der Waals surface area contributed by atoms with Gasteiger partial charge in [-0.25, -0.2) is 0 Å². The van der Waals surface area contributed by atoms with E-state index >= 15 is 0 Å². The summed E-state index contributed by atoms with van der Waals surface area (Å²) in [5.74, 6) is -5.87. The van der Waals surface area contributed by atoms with Crippen LogP contribution in [-0.4, -0.2) is 41.2 Å². The molecule has 0 bridgehead atoms. The highest BCUT2D eigenvalue weighted by Gasteiger charge is 2.65. The Morgan fingerprint density at radius 3 is 2.20 bits per heavy atom. The van der Waals surface area contributed by atoms with Gasteiger partial charge in [-0.1, -0.05) is 22.6 Å². The maximum atomic E-state index is 13.0. The number of unbranched alkanes of at least 4 members (excludes halogenated alkanes) is 1. The van der Waals surface area contributed by atoms with Gasteiger partial charge in [-0.2, -0.15) is 26.0 Å². The third-order valence-corrected chi connectivity index (χ3v) is 3.90. The lowest BCUT2D eigenvalue weighted by molar-refractivity contribution is -0.174. The minimum atomic E-state index is -6.25. The highest BCUT2D eigenvalue weighted by atomic mass is 127. The van der Waals surface area contributed by atoms with Gasteiger partial charge in [0, 0.05) is 6.42 Å². The Hall–Kier alpha value is -0.170. The molecule has 0 rings (SSSR count). The van der Waals surface area contributed by atoms with Gasteiger partial charge in [-0.3, -0.25) is 9.35 Å². The first-order valence-electron chi connectivity index (χ1n) is 5.40. The van der Waals surface area contributed by atoms with E-state index < -0.39 is 40.3 Å². The van der Waals surface area contributed by atoms with Crippen molar-refractivity contribution < 1.29 is 40.1 Å². The Balaban J connectivity index is 4.34. The summed E-state index contributed by atoms with van der Waals surface area (Å²) in [4.78, 5) is 11.0. The molecule has 20 heavy (non-hydrogen) atoms. The third-order valence-electron chi connectivity index (χ3n) is 2.19. The third kappa shape index (κ3) is 5.68. The molecule has 5 nitrogen and oxygen atoms in total. The van der Waals surface area contributed by atoms with Gasteiger partial charge in [0.05, 0.1) is 13.0 Å². The number of hydrogen-bond donors (Lipinski definition) is 1. The van der Waals surface area contributed by atoms with E-state index in [-0.39, 0.29) is 6.42 Å². The predicted molar refractivity (Wildman–Crippen MR) is 69.8 cm³/mol. The van der Waals surface area contributed by atoms with Crippen molar-refractivity contribution >= 4 is 38.7 Å². The fourth-order valence-electron chi connectivity index (χ4n) is 1.06. The molecule has 0 aliphatic heterocycles. The van der Waals surface area contributed by atoms with E-state index in [1.807, 2.05) is 0 Å². The van der Waals surface area contributed by atoms with Gasteiger partial charge in [0.2, 0.25) is 0 Å². The van der Waals surface area contributed by atoms with Crippen molar-refractivity contribution in [3.63, 3.8) is 0 Å². The van der Waals surface area contributed by atoms with Gasteiger partial charge < -0.3 is 4.74 Å². The molecule has 0 aromatic carbocycles. The molecule has 0 saturated carbocycles. The second-order valence-electron chi connectivity index (χ2n) is 3.81. The topological polar surface area (TPSA) is 80.7 Å². The van der Waals surface area contributed by atoms with Gasteiger partial charge in [-0.05, 0) is 17.3 Å². The Morgan fingerprint density at radius 2 is 1.75 bits per heavy atom. The predicted octanol–water partition coefficient (Wildman–Crippen LogP) is 2.64. The summed E-state index contributed by atoms with van der Waals surface area (Å²) in [6.07, 6.45) is -0.562. The first-order chi connectivity index (χ1) is 8.95. The van der Waals surface area contributed by atoms with Gasteiger partial charge in [-0.15, -0.1) is 0 Å². The number of esters is 1. The van der Waals surface area contributed by atoms with Gasteiger partial charge in [0.25, 0.3) is 0 Å². The van der Waals surface area contributed by atoms with E-state index in [0.717, 1.165) is 4.43 Å². The fraction of sp³-hybridized carbons (Fsp3) is 0.889. The molecule has 0 amide bonds. The average Bonchev–Trinajstić information content (AvgIpc) is 2.27. The first kappa shape index (κ1) is 19.8. The lowest BCUT2D eigenvalue weighted by Crippen LogP contribution is -2.47. The number of alkyl halides is 5. The lowest BCUT2D eigenvalue weighted by Gasteiger charge is -2.23. The van der Waals surface area contributed by atoms with Crippen LogP contribution in [0.15, 0.2) is 0 Å². The zero-order valence-electron chi connectivity index (χ0n) is 10.1. The van der Waals surface area contributed by atoms with E-state index in [2.05, 4.69) is 27.3 Å². The zero-order chi connectivity index (χ0) is 16.0. The molecular formula is C9H13F4IO5S.